The molecule has 5 nitrogen and oxygen atoms in total. The molecule has 3 rings (SSSR count). The second-order valence-electron chi connectivity index (χ2n) is 6.56. The predicted octanol–water partition coefficient (Wildman–Crippen LogP) is 2.05. The van der Waals surface area contributed by atoms with Crippen molar-refractivity contribution in [2.45, 2.75) is 51.0 Å². The summed E-state index contributed by atoms with van der Waals surface area (Å²) in [7, 11) is 2.02. The van der Waals surface area contributed by atoms with Gasteiger partial charge in [0.1, 0.15) is 0 Å². The molecule has 22 heavy (non-hydrogen) atoms. The van der Waals surface area contributed by atoms with Gasteiger partial charge in [0.2, 0.25) is 5.91 Å². The molecule has 1 aromatic rings. The van der Waals surface area contributed by atoms with Crippen molar-refractivity contribution in [2.75, 3.05) is 25.5 Å². The minimum absolute atomic E-state index is 0.0270. The van der Waals surface area contributed by atoms with Crippen LogP contribution in [0.3, 0.4) is 0 Å². The summed E-state index contributed by atoms with van der Waals surface area (Å²) in [5, 5.41) is 12.9. The van der Waals surface area contributed by atoms with Crippen LogP contribution >= 0.6 is 11.3 Å². The van der Waals surface area contributed by atoms with Crippen molar-refractivity contribution >= 4 is 22.4 Å². The van der Waals surface area contributed by atoms with Crippen LogP contribution in [-0.4, -0.2) is 47.1 Å². The van der Waals surface area contributed by atoms with Crippen LogP contribution in [0.1, 0.15) is 42.7 Å². The van der Waals surface area contributed by atoms with E-state index in [0.29, 0.717) is 25.1 Å². The molecule has 1 aromatic heterocycles. The summed E-state index contributed by atoms with van der Waals surface area (Å²) in [5.74, 6) is 0.482. The zero-order valence-corrected chi connectivity index (χ0v) is 14.0. The number of amides is 1. The maximum atomic E-state index is 12.2. The van der Waals surface area contributed by atoms with E-state index in [-0.39, 0.29) is 5.91 Å². The van der Waals surface area contributed by atoms with Crippen molar-refractivity contribution in [3.63, 3.8) is 0 Å². The zero-order valence-electron chi connectivity index (χ0n) is 13.2. The number of hydrogen-bond acceptors (Lipinski definition) is 5. The highest BCUT2D eigenvalue weighted by molar-refractivity contribution is 7.15. The van der Waals surface area contributed by atoms with Gasteiger partial charge >= 0.3 is 0 Å². The van der Waals surface area contributed by atoms with Crippen molar-refractivity contribution in [1.29, 1.82) is 0 Å². The molecule has 0 aromatic carbocycles. The summed E-state index contributed by atoms with van der Waals surface area (Å²) in [4.78, 5) is 20.2. The van der Waals surface area contributed by atoms with Crippen LogP contribution in [0.15, 0.2) is 0 Å². The number of hydrogen-bond donors (Lipinski definition) is 2. The fourth-order valence-electron chi connectivity index (χ4n) is 3.53. The van der Waals surface area contributed by atoms with Crippen LogP contribution in [0, 0.1) is 5.92 Å². The summed E-state index contributed by atoms with van der Waals surface area (Å²) in [5.41, 5.74) is 1.18. The third-order valence-corrected chi connectivity index (χ3v) is 6.01. The van der Waals surface area contributed by atoms with Crippen LogP contribution in [0.2, 0.25) is 0 Å². The lowest BCUT2D eigenvalue weighted by atomic mass is 9.86. The number of nitrogens with one attached hydrogen (secondary N) is 1. The van der Waals surface area contributed by atoms with Gasteiger partial charge in [-0.2, -0.15) is 0 Å². The average Bonchev–Trinajstić information content (AvgIpc) is 3.08. The quantitative estimate of drug-likeness (QED) is 0.870. The first-order valence-electron chi connectivity index (χ1n) is 8.25. The second-order valence-corrected chi connectivity index (χ2v) is 7.65. The minimum Gasteiger partial charge on any atom is -0.396 e. The molecule has 2 N–H and O–H groups in total. The molecule has 122 valence electrons. The van der Waals surface area contributed by atoms with Gasteiger partial charge in [-0.1, -0.05) is 0 Å². The van der Waals surface area contributed by atoms with E-state index in [0.717, 1.165) is 43.7 Å². The van der Waals surface area contributed by atoms with Gasteiger partial charge in [0.15, 0.2) is 5.13 Å². The van der Waals surface area contributed by atoms with E-state index in [2.05, 4.69) is 15.2 Å². The minimum atomic E-state index is 0.0270. The van der Waals surface area contributed by atoms with Crippen LogP contribution < -0.4 is 5.32 Å². The maximum Gasteiger partial charge on any atom is 0.240 e. The molecule has 0 bridgehead atoms. The molecule has 1 heterocycles. The number of nitrogens with zero attached hydrogens (tertiary/aromatic N) is 2. The largest absolute Gasteiger partial charge is 0.396 e. The number of carbonyl (C=O) groups excluding carboxylic acids is 1. The molecule has 6 heteroatoms. The van der Waals surface area contributed by atoms with Gasteiger partial charge in [-0.15, -0.1) is 11.3 Å². The van der Waals surface area contributed by atoms with Crippen molar-refractivity contribution < 1.29 is 9.90 Å². The number of anilines is 1. The van der Waals surface area contributed by atoms with E-state index in [4.69, 9.17) is 0 Å². The molecule has 2 aliphatic carbocycles. The topological polar surface area (TPSA) is 65.5 Å². The summed E-state index contributed by atoms with van der Waals surface area (Å²) >= 11 is 1.63. The highest BCUT2D eigenvalue weighted by atomic mass is 32.1. The normalized spacial score (nSPS) is 24.5. The van der Waals surface area contributed by atoms with E-state index in [1.165, 1.54) is 17.0 Å². The number of likely N-dealkylation sites (N-methyl/N-ethyl adjacent to an activating group) is 1. The average molecular weight is 323 g/mol. The first-order chi connectivity index (χ1) is 10.7. The Labute approximate surface area is 135 Å². The van der Waals surface area contributed by atoms with Gasteiger partial charge in [-0.05, 0) is 57.9 Å². The molecule has 1 fully saturated rings. The SMILES string of the molecule is CN(CC(=O)Nc1nc2c(s1)CCC2)C1CCC(CO)CC1. The van der Waals surface area contributed by atoms with Crippen LogP contribution in [0.4, 0.5) is 5.13 Å². The lowest BCUT2D eigenvalue weighted by Gasteiger charge is -2.33. The Morgan fingerprint density at radius 3 is 2.82 bits per heavy atom. The predicted molar refractivity (Wildman–Crippen MR) is 88.2 cm³/mol. The monoisotopic (exact) mass is 323 g/mol. The van der Waals surface area contributed by atoms with Gasteiger partial charge in [0.05, 0.1) is 12.2 Å². The number of aromatic nitrogens is 1. The Hall–Kier alpha value is -0.980. The molecule has 0 aliphatic heterocycles. The smallest absolute Gasteiger partial charge is 0.240 e. The number of carbonyl (C=O) groups is 1. The Balaban J connectivity index is 1.46. The van der Waals surface area contributed by atoms with Gasteiger partial charge in [-0.25, -0.2) is 4.98 Å². The Kier molecular flexibility index (Phi) is 5.10. The van der Waals surface area contributed by atoms with Gasteiger partial charge in [0.25, 0.3) is 0 Å². The molecule has 1 saturated carbocycles. The maximum absolute atomic E-state index is 12.2. The van der Waals surface area contributed by atoms with Gasteiger partial charge in [-0.3, -0.25) is 9.69 Å². The number of fused-ring (bicyclic) bond motifs is 1. The van der Waals surface area contributed by atoms with Crippen molar-refractivity contribution in [3.8, 4) is 0 Å². The van der Waals surface area contributed by atoms with Crippen molar-refractivity contribution in [1.82, 2.24) is 9.88 Å². The first kappa shape index (κ1) is 15.9. The van der Waals surface area contributed by atoms with E-state index in [1.807, 2.05) is 7.05 Å². The van der Waals surface area contributed by atoms with Crippen LogP contribution in [0.25, 0.3) is 0 Å². The summed E-state index contributed by atoms with van der Waals surface area (Å²) < 4.78 is 0. The standard InChI is InChI=1S/C16H25N3O2S/c1-19(12-7-5-11(10-20)6-8-12)9-15(21)18-16-17-13-3-2-4-14(13)22-16/h11-12,20H,2-10H2,1H3,(H,17,18,21). The molecule has 0 radical (unpaired) electrons. The molecule has 0 spiro atoms. The highest BCUT2D eigenvalue weighted by Gasteiger charge is 2.25. The van der Waals surface area contributed by atoms with E-state index in [1.54, 1.807) is 11.3 Å². The zero-order chi connectivity index (χ0) is 15.5. The summed E-state index contributed by atoms with van der Waals surface area (Å²) in [6.07, 6.45) is 7.62. The Morgan fingerprint density at radius 2 is 2.14 bits per heavy atom. The highest BCUT2D eigenvalue weighted by Crippen LogP contribution is 2.30. The Bertz CT molecular complexity index is 502. The number of aliphatic hydroxyl groups excluding tert-OH is 1. The number of aliphatic hydroxyl groups is 1. The molecule has 0 saturated heterocycles. The van der Waals surface area contributed by atoms with Gasteiger partial charge in [0, 0.05) is 17.5 Å². The third-order valence-electron chi connectivity index (χ3n) is 4.93. The second kappa shape index (κ2) is 7.06. The molecule has 2 aliphatic rings. The van der Waals surface area contributed by atoms with E-state index >= 15 is 0 Å². The molecule has 0 unspecified atom stereocenters. The molecular weight excluding hydrogens is 298 g/mol. The lowest BCUT2D eigenvalue weighted by Crippen LogP contribution is -2.40. The third kappa shape index (κ3) is 3.67. The van der Waals surface area contributed by atoms with E-state index in [9.17, 15) is 9.90 Å². The fraction of sp³-hybridized carbons (Fsp3) is 0.750. The van der Waals surface area contributed by atoms with Crippen molar-refractivity contribution in [3.05, 3.63) is 10.6 Å². The number of aryl methyl sites for hydroxylation is 2. The molecule has 1 amide bonds. The molecule has 0 atom stereocenters. The van der Waals surface area contributed by atoms with Crippen LogP contribution in [0.5, 0.6) is 0 Å². The Morgan fingerprint density at radius 1 is 1.36 bits per heavy atom. The fourth-order valence-corrected chi connectivity index (χ4v) is 4.59. The van der Waals surface area contributed by atoms with Gasteiger partial charge < -0.3 is 10.4 Å². The number of thiazole rings is 1. The first-order valence-corrected chi connectivity index (χ1v) is 9.07. The summed E-state index contributed by atoms with van der Waals surface area (Å²) in [6, 6.07) is 0.454. The van der Waals surface area contributed by atoms with Crippen LogP contribution in [-0.2, 0) is 17.6 Å². The summed E-state index contributed by atoms with van der Waals surface area (Å²) in [6.45, 7) is 0.713. The molecular formula is C16H25N3O2S. The van der Waals surface area contributed by atoms with Crippen molar-refractivity contribution in [2.24, 2.45) is 5.92 Å². The number of rotatable bonds is 5. The lowest BCUT2D eigenvalue weighted by molar-refractivity contribution is -0.117. The van der Waals surface area contributed by atoms with E-state index < -0.39 is 0 Å².